The molecule has 0 unspecified atom stereocenters. The quantitative estimate of drug-likeness (QED) is 0.337. The van der Waals surface area contributed by atoms with Gasteiger partial charge in [0.15, 0.2) is 0 Å². The Bertz CT molecular complexity index is 777. The van der Waals surface area contributed by atoms with Gasteiger partial charge in [-0.3, -0.25) is 0 Å². The van der Waals surface area contributed by atoms with E-state index in [9.17, 15) is 13.2 Å². The van der Waals surface area contributed by atoms with Gasteiger partial charge >= 0.3 is 6.36 Å². The van der Waals surface area contributed by atoms with Crippen molar-refractivity contribution in [2.75, 3.05) is 0 Å². The number of nitrogens with zero attached hydrogens (tertiary/aromatic N) is 2. The lowest BCUT2D eigenvalue weighted by Gasteiger charge is -2.11. The Morgan fingerprint density at radius 1 is 1.24 bits per heavy atom. The number of alkyl halides is 3. The molecule has 0 aliphatic carbocycles. The first-order valence-electron chi connectivity index (χ1n) is 7.42. The molecule has 1 aromatic carbocycles. The fourth-order valence-corrected chi connectivity index (χ4v) is 3.03. The van der Waals surface area contributed by atoms with Gasteiger partial charge in [-0.15, -0.1) is 13.2 Å². The predicted octanol–water partition coefficient (Wildman–Crippen LogP) is 6.41. The first-order chi connectivity index (χ1) is 11.7. The van der Waals surface area contributed by atoms with E-state index in [-0.39, 0.29) is 11.0 Å². The minimum Gasteiger partial charge on any atom is -0.406 e. The molecule has 134 valence electrons. The molecule has 0 saturated heterocycles. The first-order valence-corrected chi connectivity index (χ1v) is 8.68. The summed E-state index contributed by atoms with van der Waals surface area (Å²) in [7, 11) is 0. The number of thioether (sulfide) groups is 1. The molecule has 0 fully saturated rings. The average Bonchev–Trinajstić information content (AvgIpc) is 2.54. The van der Waals surface area contributed by atoms with E-state index in [0.29, 0.717) is 16.3 Å². The van der Waals surface area contributed by atoms with Crippen molar-refractivity contribution in [1.82, 2.24) is 9.97 Å². The van der Waals surface area contributed by atoms with E-state index in [0.717, 1.165) is 12.0 Å². The normalized spacial score (nSPS) is 12.4. The smallest absolute Gasteiger partial charge is 0.406 e. The van der Waals surface area contributed by atoms with Crippen LogP contribution in [0.1, 0.15) is 25.8 Å². The molecule has 2 aromatic rings. The summed E-state index contributed by atoms with van der Waals surface area (Å²) < 4.78 is 40.6. The Kier molecular flexibility index (Phi) is 6.35. The van der Waals surface area contributed by atoms with E-state index < -0.39 is 6.36 Å². The number of hydrogen-bond acceptors (Lipinski definition) is 4. The van der Waals surface area contributed by atoms with Crippen LogP contribution in [0.2, 0.25) is 5.28 Å². The maximum absolute atomic E-state index is 12.2. The fraction of sp³-hybridized carbons (Fsp3) is 0.294. The van der Waals surface area contributed by atoms with E-state index in [2.05, 4.69) is 21.6 Å². The standard InChI is InChI=1S/C17H16ClF3N2OS/c1-4-10(2)9-25-15-11(3)14(22-16(18)23-15)12-5-7-13(8-6-12)24-17(19,20)21/h5-9H,4H2,1-3H3/b10-9+. The van der Waals surface area contributed by atoms with Gasteiger partial charge in [0.2, 0.25) is 5.28 Å². The van der Waals surface area contributed by atoms with Crippen molar-refractivity contribution in [2.45, 2.75) is 38.6 Å². The summed E-state index contributed by atoms with van der Waals surface area (Å²) in [5, 5.41) is 2.79. The van der Waals surface area contributed by atoms with Crippen LogP contribution < -0.4 is 4.74 Å². The highest BCUT2D eigenvalue weighted by Gasteiger charge is 2.31. The topological polar surface area (TPSA) is 35.0 Å². The van der Waals surface area contributed by atoms with Gasteiger partial charge in [-0.05, 0) is 61.5 Å². The third-order valence-corrected chi connectivity index (χ3v) is 4.67. The second-order valence-electron chi connectivity index (χ2n) is 5.28. The van der Waals surface area contributed by atoms with Crippen molar-refractivity contribution in [3.05, 3.63) is 46.1 Å². The molecule has 1 heterocycles. The van der Waals surface area contributed by atoms with Gasteiger partial charge in [-0.25, -0.2) is 9.97 Å². The number of hydrogen-bond donors (Lipinski definition) is 0. The summed E-state index contributed by atoms with van der Waals surface area (Å²) in [4.78, 5) is 8.44. The molecular weight excluding hydrogens is 373 g/mol. The van der Waals surface area contributed by atoms with Crippen LogP contribution in [0.15, 0.2) is 40.3 Å². The van der Waals surface area contributed by atoms with E-state index in [1.54, 1.807) is 0 Å². The van der Waals surface area contributed by atoms with E-state index in [1.807, 2.05) is 19.3 Å². The van der Waals surface area contributed by atoms with Crippen molar-refractivity contribution in [2.24, 2.45) is 0 Å². The number of rotatable bonds is 5. The molecule has 0 aliphatic rings. The van der Waals surface area contributed by atoms with Crippen LogP contribution in [0.4, 0.5) is 13.2 Å². The van der Waals surface area contributed by atoms with Crippen LogP contribution >= 0.6 is 23.4 Å². The zero-order valence-electron chi connectivity index (χ0n) is 13.8. The Morgan fingerprint density at radius 3 is 2.44 bits per heavy atom. The predicted molar refractivity (Wildman–Crippen MR) is 93.8 cm³/mol. The van der Waals surface area contributed by atoms with Crippen LogP contribution in [-0.2, 0) is 0 Å². The lowest BCUT2D eigenvalue weighted by atomic mass is 10.1. The number of halogens is 4. The van der Waals surface area contributed by atoms with Crippen LogP contribution in [0.5, 0.6) is 5.75 Å². The van der Waals surface area contributed by atoms with E-state index in [4.69, 9.17) is 11.6 Å². The largest absolute Gasteiger partial charge is 0.573 e. The summed E-state index contributed by atoms with van der Waals surface area (Å²) in [6.07, 6.45) is -3.79. The molecule has 25 heavy (non-hydrogen) atoms. The Morgan fingerprint density at radius 2 is 1.88 bits per heavy atom. The van der Waals surface area contributed by atoms with Gasteiger partial charge in [0.1, 0.15) is 10.8 Å². The van der Waals surface area contributed by atoms with Gasteiger partial charge in [0, 0.05) is 11.1 Å². The zero-order chi connectivity index (χ0) is 18.6. The zero-order valence-corrected chi connectivity index (χ0v) is 15.4. The number of aromatic nitrogens is 2. The summed E-state index contributed by atoms with van der Waals surface area (Å²) in [6.45, 7) is 5.93. The molecule has 1 aromatic heterocycles. The molecule has 8 heteroatoms. The maximum Gasteiger partial charge on any atom is 0.573 e. The molecule has 0 N–H and O–H groups in total. The summed E-state index contributed by atoms with van der Waals surface area (Å²) in [6, 6.07) is 5.50. The second-order valence-corrected chi connectivity index (χ2v) is 6.48. The molecule has 2 rings (SSSR count). The highest BCUT2D eigenvalue weighted by molar-refractivity contribution is 8.02. The van der Waals surface area contributed by atoms with Crippen molar-refractivity contribution in [1.29, 1.82) is 0 Å². The Hall–Kier alpha value is -1.73. The maximum atomic E-state index is 12.2. The van der Waals surface area contributed by atoms with Gasteiger partial charge in [-0.2, -0.15) is 0 Å². The Labute approximate surface area is 153 Å². The van der Waals surface area contributed by atoms with Crippen molar-refractivity contribution >= 4 is 23.4 Å². The van der Waals surface area contributed by atoms with E-state index >= 15 is 0 Å². The van der Waals surface area contributed by atoms with Crippen LogP contribution in [0.3, 0.4) is 0 Å². The average molecular weight is 389 g/mol. The molecule has 0 amide bonds. The van der Waals surface area contributed by atoms with Crippen LogP contribution in [0.25, 0.3) is 11.3 Å². The SMILES string of the molecule is CC/C(C)=C/Sc1nc(Cl)nc(-c2ccc(OC(F)(F)F)cc2)c1C. The highest BCUT2D eigenvalue weighted by Crippen LogP contribution is 2.32. The van der Waals surface area contributed by atoms with Crippen LogP contribution in [-0.4, -0.2) is 16.3 Å². The summed E-state index contributed by atoms with van der Waals surface area (Å²) in [5.74, 6) is -0.287. The summed E-state index contributed by atoms with van der Waals surface area (Å²) >= 11 is 7.45. The lowest BCUT2D eigenvalue weighted by Crippen LogP contribution is -2.16. The molecule has 0 radical (unpaired) electrons. The van der Waals surface area contributed by atoms with Crippen molar-refractivity contribution < 1.29 is 17.9 Å². The molecule has 0 aliphatic heterocycles. The van der Waals surface area contributed by atoms with Gasteiger partial charge in [0.05, 0.1) is 5.69 Å². The summed E-state index contributed by atoms with van der Waals surface area (Å²) in [5.41, 5.74) is 3.21. The molecule has 0 atom stereocenters. The minimum absolute atomic E-state index is 0.0845. The molecule has 0 saturated carbocycles. The van der Waals surface area contributed by atoms with Gasteiger partial charge < -0.3 is 4.74 Å². The van der Waals surface area contributed by atoms with Gasteiger partial charge in [-0.1, -0.05) is 24.3 Å². The molecule has 0 bridgehead atoms. The third kappa shape index (κ3) is 5.64. The fourth-order valence-electron chi connectivity index (χ4n) is 1.92. The van der Waals surface area contributed by atoms with Crippen LogP contribution in [0, 0.1) is 6.92 Å². The lowest BCUT2D eigenvalue weighted by molar-refractivity contribution is -0.274. The Balaban J connectivity index is 2.34. The monoisotopic (exact) mass is 388 g/mol. The highest BCUT2D eigenvalue weighted by atomic mass is 35.5. The van der Waals surface area contributed by atoms with E-state index in [1.165, 1.54) is 41.6 Å². The number of allylic oxidation sites excluding steroid dienone is 1. The van der Waals surface area contributed by atoms with Crippen molar-refractivity contribution in [3.63, 3.8) is 0 Å². The molecule has 0 spiro atoms. The molecule has 3 nitrogen and oxygen atoms in total. The third-order valence-electron chi connectivity index (χ3n) is 3.36. The molecular formula is C17H16ClF3N2OS. The number of ether oxygens (including phenoxy) is 1. The van der Waals surface area contributed by atoms with Gasteiger partial charge in [0.25, 0.3) is 0 Å². The van der Waals surface area contributed by atoms with Crippen molar-refractivity contribution in [3.8, 4) is 17.0 Å². The second kappa shape index (κ2) is 8.10. The minimum atomic E-state index is -4.72. The number of benzene rings is 1. The first kappa shape index (κ1) is 19.6.